The first-order chi connectivity index (χ1) is 8.43. The summed E-state index contributed by atoms with van der Waals surface area (Å²) in [5, 5.41) is 10.2. The van der Waals surface area contributed by atoms with Gasteiger partial charge in [-0.1, -0.05) is 12.0 Å². The zero-order chi connectivity index (χ0) is 13.6. The fourth-order valence-electron chi connectivity index (χ4n) is 1.20. The van der Waals surface area contributed by atoms with Gasteiger partial charge in [-0.2, -0.15) is 0 Å². The summed E-state index contributed by atoms with van der Waals surface area (Å²) in [7, 11) is -3.78. The number of primary sulfonamides is 1. The van der Waals surface area contributed by atoms with Gasteiger partial charge in [-0.15, -0.1) is 6.42 Å². The minimum absolute atomic E-state index is 0.0454. The van der Waals surface area contributed by atoms with Crippen LogP contribution >= 0.6 is 0 Å². The Morgan fingerprint density at radius 3 is 2.78 bits per heavy atom. The van der Waals surface area contributed by atoms with E-state index in [1.54, 1.807) is 6.07 Å². The molecule has 7 heteroatoms. The number of terminal acetylenes is 1. The number of amides is 1. The van der Waals surface area contributed by atoms with Crippen molar-refractivity contribution in [2.24, 2.45) is 5.14 Å². The number of sulfonamides is 1. The second-order valence-electron chi connectivity index (χ2n) is 3.43. The molecule has 1 aromatic carbocycles. The summed E-state index contributed by atoms with van der Waals surface area (Å²) in [6.45, 7) is 0.328. The maximum atomic E-state index is 11.4. The third-order valence-corrected chi connectivity index (χ3v) is 2.87. The van der Waals surface area contributed by atoms with E-state index in [0.717, 1.165) is 0 Å². The van der Waals surface area contributed by atoms with E-state index in [0.29, 0.717) is 5.69 Å². The second kappa shape index (κ2) is 6.16. The summed E-state index contributed by atoms with van der Waals surface area (Å²) in [5.41, 5.74) is 0.356. The van der Waals surface area contributed by atoms with Gasteiger partial charge >= 0.3 is 0 Å². The van der Waals surface area contributed by atoms with Gasteiger partial charge in [0, 0.05) is 5.69 Å². The molecule has 0 fully saturated rings. The Balaban J connectivity index is 2.69. The van der Waals surface area contributed by atoms with Crippen molar-refractivity contribution in [2.75, 3.05) is 18.4 Å². The number of anilines is 1. The first-order valence-electron chi connectivity index (χ1n) is 5.00. The molecule has 0 aliphatic heterocycles. The van der Waals surface area contributed by atoms with E-state index < -0.39 is 10.0 Å². The van der Waals surface area contributed by atoms with Crippen LogP contribution in [0.3, 0.4) is 0 Å². The molecule has 0 saturated carbocycles. The Kier molecular flexibility index (Phi) is 4.85. The van der Waals surface area contributed by atoms with Crippen LogP contribution < -0.4 is 15.8 Å². The van der Waals surface area contributed by atoms with Crippen molar-refractivity contribution in [3.05, 3.63) is 24.3 Å². The monoisotopic (exact) mass is 267 g/mol. The minimum Gasteiger partial charge on any atom is -0.325 e. The first kappa shape index (κ1) is 14.2. The fraction of sp³-hybridized carbons (Fsp3) is 0.182. The molecule has 0 radical (unpaired) electrons. The van der Waals surface area contributed by atoms with Crippen LogP contribution in [-0.4, -0.2) is 27.4 Å². The van der Waals surface area contributed by atoms with Gasteiger partial charge in [0.15, 0.2) is 0 Å². The first-order valence-corrected chi connectivity index (χ1v) is 6.55. The van der Waals surface area contributed by atoms with Gasteiger partial charge in [-0.05, 0) is 18.2 Å². The summed E-state index contributed by atoms with van der Waals surface area (Å²) >= 11 is 0. The highest BCUT2D eigenvalue weighted by molar-refractivity contribution is 7.89. The highest BCUT2D eigenvalue weighted by Crippen LogP contribution is 2.13. The molecule has 0 aliphatic carbocycles. The van der Waals surface area contributed by atoms with Crippen LogP contribution in [0.1, 0.15) is 0 Å². The maximum Gasteiger partial charge on any atom is 0.238 e. The van der Waals surface area contributed by atoms with E-state index in [2.05, 4.69) is 16.6 Å². The number of nitrogens with one attached hydrogen (secondary N) is 2. The molecule has 0 atom stereocenters. The third-order valence-electron chi connectivity index (χ3n) is 1.96. The van der Waals surface area contributed by atoms with Crippen molar-refractivity contribution in [1.29, 1.82) is 0 Å². The quantitative estimate of drug-likeness (QED) is 0.494. The molecule has 0 aromatic heterocycles. The van der Waals surface area contributed by atoms with Gasteiger partial charge in [0.1, 0.15) is 0 Å². The number of rotatable bonds is 5. The zero-order valence-corrected chi connectivity index (χ0v) is 10.3. The van der Waals surface area contributed by atoms with E-state index in [4.69, 9.17) is 11.6 Å². The molecule has 1 amide bonds. The van der Waals surface area contributed by atoms with Crippen molar-refractivity contribution in [1.82, 2.24) is 5.32 Å². The molecule has 0 spiro atoms. The van der Waals surface area contributed by atoms with Gasteiger partial charge in [-0.25, -0.2) is 13.6 Å². The third kappa shape index (κ3) is 4.55. The molecule has 1 rings (SSSR count). The lowest BCUT2D eigenvalue weighted by Crippen LogP contribution is -2.28. The predicted octanol–water partition coefficient (Wildman–Crippen LogP) is -0.505. The van der Waals surface area contributed by atoms with Gasteiger partial charge in [-0.3, -0.25) is 10.1 Å². The molecule has 0 unspecified atom stereocenters. The zero-order valence-electron chi connectivity index (χ0n) is 9.51. The smallest absolute Gasteiger partial charge is 0.238 e. The molecule has 6 nitrogen and oxygen atoms in total. The summed E-state index contributed by atoms with van der Waals surface area (Å²) in [4.78, 5) is 11.4. The van der Waals surface area contributed by atoms with Crippen molar-refractivity contribution in [3.63, 3.8) is 0 Å². The molecule has 18 heavy (non-hydrogen) atoms. The van der Waals surface area contributed by atoms with Crippen molar-refractivity contribution < 1.29 is 13.2 Å². The van der Waals surface area contributed by atoms with Crippen LogP contribution in [0.15, 0.2) is 29.2 Å². The molecule has 0 aliphatic rings. The lowest BCUT2D eigenvalue weighted by atomic mass is 10.3. The topological polar surface area (TPSA) is 101 Å². The fourth-order valence-corrected chi connectivity index (χ4v) is 1.76. The van der Waals surface area contributed by atoms with E-state index in [-0.39, 0.29) is 23.9 Å². The Morgan fingerprint density at radius 1 is 1.44 bits per heavy atom. The van der Waals surface area contributed by atoms with E-state index in [1.165, 1.54) is 18.2 Å². The maximum absolute atomic E-state index is 11.4. The standard InChI is InChI=1S/C11H13N3O3S/c1-2-6-13-8-11(15)14-9-4-3-5-10(7-9)18(12,16)17/h1,3-5,7,13H,6,8H2,(H,14,15)(H2,12,16,17). The Bertz CT molecular complexity index is 575. The Labute approximate surface area is 106 Å². The van der Waals surface area contributed by atoms with Gasteiger partial charge in [0.05, 0.1) is 18.0 Å². The largest absolute Gasteiger partial charge is 0.325 e. The molecule has 96 valence electrons. The SMILES string of the molecule is C#CCNCC(=O)Nc1cccc(S(N)(=O)=O)c1. The second-order valence-corrected chi connectivity index (χ2v) is 4.99. The van der Waals surface area contributed by atoms with Crippen LogP contribution in [0.2, 0.25) is 0 Å². The molecule has 0 saturated heterocycles. The van der Waals surface area contributed by atoms with Crippen LogP contribution in [0, 0.1) is 12.3 Å². The van der Waals surface area contributed by atoms with E-state index in [9.17, 15) is 13.2 Å². The van der Waals surface area contributed by atoms with Gasteiger partial charge in [0.25, 0.3) is 0 Å². The number of benzene rings is 1. The molecule has 4 N–H and O–H groups in total. The predicted molar refractivity (Wildman–Crippen MR) is 68.1 cm³/mol. The number of hydrogen-bond acceptors (Lipinski definition) is 4. The summed E-state index contributed by atoms with van der Waals surface area (Å²) in [5.74, 6) is 2.01. The number of carbonyl (C=O) groups excluding carboxylic acids is 1. The van der Waals surface area contributed by atoms with Crippen molar-refractivity contribution in [3.8, 4) is 12.3 Å². The van der Waals surface area contributed by atoms with Crippen LogP contribution in [0.25, 0.3) is 0 Å². The molecule has 1 aromatic rings. The average Bonchev–Trinajstić information content (AvgIpc) is 2.28. The normalized spacial score (nSPS) is 10.7. The summed E-state index contributed by atoms with van der Waals surface area (Å²) < 4.78 is 22.2. The van der Waals surface area contributed by atoms with Crippen LogP contribution in [0.5, 0.6) is 0 Å². The lowest BCUT2D eigenvalue weighted by molar-refractivity contribution is -0.115. The summed E-state index contributed by atoms with van der Waals surface area (Å²) in [6, 6.07) is 5.69. The van der Waals surface area contributed by atoms with Crippen LogP contribution in [0.4, 0.5) is 5.69 Å². The highest BCUT2D eigenvalue weighted by atomic mass is 32.2. The number of hydrogen-bond donors (Lipinski definition) is 3. The lowest BCUT2D eigenvalue weighted by Gasteiger charge is -2.06. The molecular weight excluding hydrogens is 254 g/mol. The van der Waals surface area contributed by atoms with Crippen molar-refractivity contribution in [2.45, 2.75) is 4.90 Å². The Morgan fingerprint density at radius 2 is 2.17 bits per heavy atom. The van der Waals surface area contributed by atoms with Crippen LogP contribution in [-0.2, 0) is 14.8 Å². The van der Waals surface area contributed by atoms with E-state index in [1.807, 2.05) is 0 Å². The molecular formula is C11H13N3O3S. The average molecular weight is 267 g/mol. The highest BCUT2D eigenvalue weighted by Gasteiger charge is 2.09. The van der Waals surface area contributed by atoms with E-state index >= 15 is 0 Å². The number of nitrogens with two attached hydrogens (primary N) is 1. The minimum atomic E-state index is -3.78. The molecule has 0 heterocycles. The van der Waals surface area contributed by atoms with Gasteiger partial charge < -0.3 is 5.32 Å². The number of carbonyl (C=O) groups is 1. The molecule has 0 bridgehead atoms. The van der Waals surface area contributed by atoms with Gasteiger partial charge in [0.2, 0.25) is 15.9 Å². The summed E-state index contributed by atoms with van der Waals surface area (Å²) in [6.07, 6.45) is 5.01. The Hall–Kier alpha value is -1.88. The van der Waals surface area contributed by atoms with Crippen molar-refractivity contribution >= 4 is 21.6 Å².